The van der Waals surface area contributed by atoms with E-state index >= 15 is 0 Å². The van der Waals surface area contributed by atoms with Gasteiger partial charge in [-0.25, -0.2) is 0 Å². The van der Waals surface area contributed by atoms with E-state index < -0.39 is 5.60 Å². The van der Waals surface area contributed by atoms with Gasteiger partial charge in [0.1, 0.15) is 5.60 Å². The third kappa shape index (κ3) is 0.678. The fourth-order valence-corrected chi connectivity index (χ4v) is 3.34. The maximum atomic E-state index is 12.1. The highest BCUT2D eigenvalue weighted by Gasteiger charge is 2.62. The molecule has 1 heterocycles. The van der Waals surface area contributed by atoms with Crippen molar-refractivity contribution in [1.82, 2.24) is 0 Å². The van der Waals surface area contributed by atoms with Crippen molar-refractivity contribution in [2.75, 3.05) is 6.61 Å². The number of hydrogen-bond donors (Lipinski definition) is 0. The Morgan fingerprint density at radius 1 is 1.54 bits per heavy atom. The largest absolute Gasteiger partial charge is 0.367 e. The quantitative estimate of drug-likeness (QED) is 0.526. The third-order valence-corrected chi connectivity index (χ3v) is 4.07. The molecule has 13 heavy (non-hydrogen) atoms. The molecule has 4 bridgehead atoms. The molecule has 4 rings (SSSR count). The second kappa shape index (κ2) is 1.90. The lowest BCUT2D eigenvalue weighted by Crippen LogP contribution is -2.55. The fraction of sp³-hybridized carbons (Fsp3) is 0.727. The van der Waals surface area contributed by atoms with Crippen LogP contribution in [0.25, 0.3) is 0 Å². The normalized spacial score (nSPS) is 57.5. The van der Waals surface area contributed by atoms with Crippen molar-refractivity contribution in [3.8, 4) is 0 Å². The summed E-state index contributed by atoms with van der Waals surface area (Å²) in [7, 11) is 0. The summed E-state index contributed by atoms with van der Waals surface area (Å²) in [4.78, 5) is 12.1. The van der Waals surface area contributed by atoms with Crippen LogP contribution in [0.15, 0.2) is 12.2 Å². The zero-order valence-electron chi connectivity index (χ0n) is 8.04. The van der Waals surface area contributed by atoms with E-state index in [4.69, 9.17) is 4.74 Å². The first kappa shape index (κ1) is 7.74. The Morgan fingerprint density at radius 2 is 2.31 bits per heavy atom. The van der Waals surface area contributed by atoms with Crippen LogP contribution in [-0.4, -0.2) is 18.0 Å². The molecule has 4 aliphatic rings. The zero-order chi connectivity index (χ0) is 9.27. The summed E-state index contributed by atoms with van der Waals surface area (Å²) in [5.74, 6) is 1.22. The van der Waals surface area contributed by atoms with E-state index in [9.17, 15) is 4.79 Å². The Balaban J connectivity index is 2.22. The van der Waals surface area contributed by atoms with Gasteiger partial charge >= 0.3 is 0 Å². The van der Waals surface area contributed by atoms with E-state index in [1.54, 1.807) is 0 Å². The van der Waals surface area contributed by atoms with E-state index in [0.717, 1.165) is 13.0 Å². The summed E-state index contributed by atoms with van der Waals surface area (Å²) >= 11 is 0. The summed E-state index contributed by atoms with van der Waals surface area (Å²) in [6.45, 7) is 4.77. The number of ketones is 1. The molecule has 2 nitrogen and oxygen atoms in total. The van der Waals surface area contributed by atoms with Crippen molar-refractivity contribution in [1.29, 1.82) is 0 Å². The van der Waals surface area contributed by atoms with Crippen molar-refractivity contribution in [2.45, 2.75) is 25.9 Å². The predicted octanol–water partition coefficient (Wildman–Crippen LogP) is 1.56. The molecule has 2 fully saturated rings. The summed E-state index contributed by atoms with van der Waals surface area (Å²) < 4.78 is 5.67. The van der Waals surface area contributed by atoms with Gasteiger partial charge < -0.3 is 4.74 Å². The van der Waals surface area contributed by atoms with Gasteiger partial charge in [0.25, 0.3) is 0 Å². The number of carbonyl (C=O) groups excluding carboxylic acids is 1. The Labute approximate surface area is 78.0 Å². The summed E-state index contributed by atoms with van der Waals surface area (Å²) in [6.07, 6.45) is 5.28. The molecule has 3 aliphatic carbocycles. The molecule has 0 aromatic rings. The SMILES string of the molecule is CC12C=CC3C(COC3(C)C1=O)C2. The first-order valence-electron chi connectivity index (χ1n) is 4.94. The highest BCUT2D eigenvalue weighted by atomic mass is 16.5. The summed E-state index contributed by atoms with van der Waals surface area (Å²) in [5, 5.41) is 0. The van der Waals surface area contributed by atoms with Gasteiger partial charge in [0.2, 0.25) is 0 Å². The molecule has 0 radical (unpaired) electrons. The average Bonchev–Trinajstić information content (AvgIpc) is 2.38. The van der Waals surface area contributed by atoms with Crippen LogP contribution in [0.5, 0.6) is 0 Å². The van der Waals surface area contributed by atoms with Crippen molar-refractivity contribution >= 4 is 5.78 Å². The van der Waals surface area contributed by atoms with Gasteiger partial charge in [0.05, 0.1) is 6.61 Å². The lowest BCUT2D eigenvalue weighted by atomic mass is 9.56. The van der Waals surface area contributed by atoms with Crippen molar-refractivity contribution < 1.29 is 9.53 Å². The van der Waals surface area contributed by atoms with E-state index in [0.29, 0.717) is 17.6 Å². The van der Waals surface area contributed by atoms with Gasteiger partial charge in [-0.15, -0.1) is 0 Å². The van der Waals surface area contributed by atoms with Crippen molar-refractivity contribution in [3.05, 3.63) is 12.2 Å². The maximum Gasteiger partial charge on any atom is 0.174 e. The number of carbonyl (C=O) groups is 1. The third-order valence-electron chi connectivity index (χ3n) is 4.07. The van der Waals surface area contributed by atoms with Gasteiger partial charge in [0, 0.05) is 11.3 Å². The van der Waals surface area contributed by atoms with Crippen LogP contribution in [0.3, 0.4) is 0 Å². The topological polar surface area (TPSA) is 26.3 Å². The van der Waals surface area contributed by atoms with Crippen LogP contribution in [0.2, 0.25) is 0 Å². The standard InChI is InChI=1S/C11H14O2/c1-10-4-3-8-7(5-10)6-13-11(8,2)9(10)12/h3-4,7-8H,5-6H2,1-2H3. The van der Waals surface area contributed by atoms with Crippen LogP contribution in [0.4, 0.5) is 0 Å². The average molecular weight is 178 g/mol. The van der Waals surface area contributed by atoms with E-state index in [-0.39, 0.29) is 5.41 Å². The minimum absolute atomic E-state index is 0.231. The Morgan fingerprint density at radius 3 is 3.08 bits per heavy atom. The number of Topliss-reactive ketones (excluding diaryl/α,β-unsaturated/α-hetero) is 1. The molecule has 70 valence electrons. The number of ether oxygens (including phenoxy) is 1. The van der Waals surface area contributed by atoms with E-state index in [1.807, 2.05) is 13.8 Å². The Bertz CT molecular complexity index is 320. The molecule has 2 heteroatoms. The highest BCUT2D eigenvalue weighted by molar-refractivity contribution is 5.96. The molecule has 0 amide bonds. The molecule has 4 unspecified atom stereocenters. The van der Waals surface area contributed by atoms with Crippen LogP contribution in [-0.2, 0) is 9.53 Å². The van der Waals surface area contributed by atoms with Gasteiger partial charge in [-0.3, -0.25) is 4.79 Å². The summed E-state index contributed by atoms with van der Waals surface area (Å²) in [5.41, 5.74) is -0.725. The first-order chi connectivity index (χ1) is 6.06. The van der Waals surface area contributed by atoms with Gasteiger partial charge in [0.15, 0.2) is 5.78 Å². The highest BCUT2D eigenvalue weighted by Crippen LogP contribution is 2.56. The number of allylic oxidation sites excluding steroid dienone is 1. The summed E-state index contributed by atoms with van der Waals surface area (Å²) in [6, 6.07) is 0. The molecule has 0 N–H and O–H groups in total. The van der Waals surface area contributed by atoms with Gasteiger partial charge in [-0.1, -0.05) is 12.2 Å². The van der Waals surface area contributed by atoms with Crippen molar-refractivity contribution in [3.63, 3.8) is 0 Å². The molecule has 1 saturated carbocycles. The molecule has 0 aromatic carbocycles. The monoisotopic (exact) mass is 178 g/mol. The van der Waals surface area contributed by atoms with Gasteiger partial charge in [-0.05, 0) is 26.2 Å². The van der Waals surface area contributed by atoms with Crippen molar-refractivity contribution in [2.24, 2.45) is 17.3 Å². The van der Waals surface area contributed by atoms with E-state index in [2.05, 4.69) is 12.2 Å². The van der Waals surface area contributed by atoms with Gasteiger partial charge in [-0.2, -0.15) is 0 Å². The first-order valence-corrected chi connectivity index (χ1v) is 4.94. The Kier molecular flexibility index (Phi) is 1.13. The van der Waals surface area contributed by atoms with Crippen LogP contribution < -0.4 is 0 Å². The van der Waals surface area contributed by atoms with Crippen LogP contribution in [0, 0.1) is 17.3 Å². The lowest BCUT2D eigenvalue weighted by molar-refractivity contribution is -0.150. The minimum Gasteiger partial charge on any atom is -0.367 e. The fourth-order valence-electron chi connectivity index (χ4n) is 3.34. The maximum absolute atomic E-state index is 12.1. The second-order valence-corrected chi connectivity index (χ2v) is 5.01. The van der Waals surface area contributed by atoms with Crippen LogP contribution in [0.1, 0.15) is 20.3 Å². The molecular formula is C11H14O2. The predicted molar refractivity (Wildman–Crippen MR) is 48.2 cm³/mol. The minimum atomic E-state index is -0.494. The smallest absolute Gasteiger partial charge is 0.174 e. The second-order valence-electron chi connectivity index (χ2n) is 5.01. The molecular weight excluding hydrogens is 164 g/mol. The molecule has 4 atom stereocenters. The molecule has 0 aromatic heterocycles. The van der Waals surface area contributed by atoms with E-state index in [1.165, 1.54) is 0 Å². The van der Waals surface area contributed by atoms with Crippen LogP contribution >= 0.6 is 0 Å². The zero-order valence-corrected chi connectivity index (χ0v) is 8.04. The molecule has 1 saturated heterocycles. The number of hydrogen-bond acceptors (Lipinski definition) is 2. The molecule has 0 spiro atoms. The number of rotatable bonds is 0. The molecule has 1 aliphatic heterocycles. The lowest BCUT2D eigenvalue weighted by Gasteiger charge is -2.46. The Hall–Kier alpha value is -0.630.